The molecule has 0 saturated carbocycles. The first-order chi connectivity index (χ1) is 11.5. The van der Waals surface area contributed by atoms with Crippen molar-refractivity contribution >= 4 is 23.7 Å². The number of allylic oxidation sites excluding steroid dienone is 1. The molecule has 1 unspecified atom stereocenters. The molecule has 2 heterocycles. The van der Waals surface area contributed by atoms with E-state index < -0.39 is 12.0 Å². The summed E-state index contributed by atoms with van der Waals surface area (Å²) in [5.74, 6) is -0.539. The minimum atomic E-state index is -0.631. The lowest BCUT2D eigenvalue weighted by Crippen LogP contribution is -2.29. The molecule has 0 spiro atoms. The number of hydrogen-bond donors (Lipinski definition) is 3. The fraction of sp³-hybridized carbons (Fsp3) is 0.267. The van der Waals surface area contributed by atoms with Gasteiger partial charge >= 0.3 is 5.97 Å². The van der Waals surface area contributed by atoms with Crippen LogP contribution in [-0.4, -0.2) is 44.3 Å². The van der Waals surface area contributed by atoms with Crippen LogP contribution in [0, 0.1) is 0 Å². The average Bonchev–Trinajstić information content (AvgIpc) is 2.98. The average molecular weight is 348 g/mol. The number of hydrogen-bond acceptors (Lipinski definition) is 8. The summed E-state index contributed by atoms with van der Waals surface area (Å²) >= 11 is 1.37. The van der Waals surface area contributed by atoms with E-state index in [0.717, 1.165) is 0 Å². The predicted octanol–water partition coefficient (Wildman–Crippen LogP) is 1.87. The molecule has 0 fully saturated rings. The van der Waals surface area contributed by atoms with E-state index in [2.05, 4.69) is 15.4 Å². The second kappa shape index (κ2) is 6.08. The van der Waals surface area contributed by atoms with Crippen molar-refractivity contribution in [2.45, 2.75) is 18.1 Å². The Hall–Kier alpha value is -2.68. The molecule has 2 aromatic rings. The molecule has 1 atom stereocenters. The Labute approximate surface area is 142 Å². The van der Waals surface area contributed by atoms with Crippen molar-refractivity contribution in [3.05, 3.63) is 35.0 Å². The molecule has 9 heteroatoms. The van der Waals surface area contributed by atoms with Gasteiger partial charge in [-0.2, -0.15) is 4.98 Å². The van der Waals surface area contributed by atoms with E-state index in [1.807, 2.05) is 6.26 Å². The van der Waals surface area contributed by atoms with Gasteiger partial charge in [0.25, 0.3) is 0 Å². The SMILES string of the molecule is COC(=O)C1=C(C)Nc2nc(SC)nn2C1c1ccc(O)c(O)c1. The molecule has 0 amide bonds. The van der Waals surface area contributed by atoms with Gasteiger partial charge in [0.1, 0.15) is 6.04 Å². The molecular formula is C15H16N4O4S. The number of phenolic OH excluding ortho intramolecular Hbond substituents is 2. The summed E-state index contributed by atoms with van der Waals surface area (Å²) in [6.07, 6.45) is 1.85. The van der Waals surface area contributed by atoms with E-state index in [0.29, 0.717) is 27.9 Å². The fourth-order valence-electron chi connectivity index (χ4n) is 2.61. The number of carbonyl (C=O) groups excluding carboxylic acids is 1. The Bertz CT molecular complexity index is 846. The number of carbonyl (C=O) groups is 1. The van der Waals surface area contributed by atoms with Crippen LogP contribution in [0.15, 0.2) is 34.6 Å². The number of fused-ring (bicyclic) bond motifs is 1. The smallest absolute Gasteiger partial charge is 0.338 e. The van der Waals surface area contributed by atoms with E-state index in [1.54, 1.807) is 17.7 Å². The Morgan fingerprint density at radius 2 is 2.12 bits per heavy atom. The normalized spacial score (nSPS) is 16.5. The maximum absolute atomic E-state index is 12.3. The number of methoxy groups -OCH3 is 1. The molecule has 0 bridgehead atoms. The summed E-state index contributed by atoms with van der Waals surface area (Å²) in [7, 11) is 1.30. The fourth-order valence-corrected chi connectivity index (χ4v) is 2.96. The van der Waals surface area contributed by atoms with E-state index in [1.165, 1.54) is 31.0 Å². The summed E-state index contributed by atoms with van der Waals surface area (Å²) in [5, 5.41) is 27.4. The summed E-state index contributed by atoms with van der Waals surface area (Å²) < 4.78 is 6.46. The number of ether oxygens (including phenoxy) is 1. The van der Waals surface area contributed by atoms with E-state index >= 15 is 0 Å². The highest BCUT2D eigenvalue weighted by atomic mass is 32.2. The summed E-state index contributed by atoms with van der Waals surface area (Å²) in [6, 6.07) is 3.74. The van der Waals surface area contributed by atoms with Gasteiger partial charge in [0, 0.05) is 5.70 Å². The van der Waals surface area contributed by atoms with Crippen molar-refractivity contribution in [2.75, 3.05) is 18.7 Å². The molecule has 24 heavy (non-hydrogen) atoms. The molecule has 8 nitrogen and oxygen atoms in total. The van der Waals surface area contributed by atoms with E-state index in [9.17, 15) is 15.0 Å². The molecule has 126 valence electrons. The van der Waals surface area contributed by atoms with Crippen LogP contribution in [0.1, 0.15) is 18.5 Å². The van der Waals surface area contributed by atoms with Crippen LogP contribution in [0.4, 0.5) is 5.95 Å². The standard InChI is InChI=1S/C15H16N4O4S/c1-7-11(13(22)23-2)12(8-4-5-9(20)10(21)6-8)19-14(16-7)17-15(18-19)24-3/h4-6,12,20-21H,1-3H3,(H,16,17,18). The van der Waals surface area contributed by atoms with Gasteiger partial charge in [0.05, 0.1) is 12.7 Å². The van der Waals surface area contributed by atoms with Gasteiger partial charge in [-0.3, -0.25) is 0 Å². The molecule has 1 aromatic heterocycles. The second-order valence-corrected chi connectivity index (χ2v) is 5.95. The number of aromatic nitrogens is 3. The number of nitrogens with one attached hydrogen (secondary N) is 1. The van der Waals surface area contributed by atoms with E-state index in [-0.39, 0.29) is 11.5 Å². The Morgan fingerprint density at radius 1 is 1.38 bits per heavy atom. The number of anilines is 1. The number of thioether (sulfide) groups is 1. The number of benzene rings is 1. The third-order valence-corrected chi connectivity index (χ3v) is 4.27. The first-order valence-electron chi connectivity index (χ1n) is 7.04. The summed E-state index contributed by atoms with van der Waals surface area (Å²) in [4.78, 5) is 16.7. The van der Waals surface area contributed by atoms with Crippen molar-refractivity contribution < 1.29 is 19.7 Å². The van der Waals surface area contributed by atoms with Crippen LogP contribution in [0.25, 0.3) is 0 Å². The van der Waals surface area contributed by atoms with Crippen LogP contribution in [0.3, 0.4) is 0 Å². The lowest BCUT2D eigenvalue weighted by molar-refractivity contribution is -0.136. The molecule has 3 rings (SSSR count). The van der Waals surface area contributed by atoms with Crippen LogP contribution in [0.2, 0.25) is 0 Å². The molecule has 1 aliphatic heterocycles. The van der Waals surface area contributed by atoms with Crippen LogP contribution in [-0.2, 0) is 9.53 Å². The maximum atomic E-state index is 12.3. The van der Waals surface area contributed by atoms with Gasteiger partial charge < -0.3 is 20.3 Å². The molecule has 1 aliphatic rings. The topological polar surface area (TPSA) is 110 Å². The maximum Gasteiger partial charge on any atom is 0.338 e. The molecule has 0 saturated heterocycles. The first kappa shape index (κ1) is 16.2. The lowest BCUT2D eigenvalue weighted by Gasteiger charge is -2.27. The van der Waals surface area contributed by atoms with Gasteiger partial charge in [-0.25, -0.2) is 9.48 Å². The zero-order valence-corrected chi connectivity index (χ0v) is 14.1. The largest absolute Gasteiger partial charge is 0.504 e. The van der Waals surface area contributed by atoms with Gasteiger partial charge in [-0.1, -0.05) is 17.8 Å². The molecule has 3 N–H and O–H groups in total. The number of rotatable bonds is 3. The number of esters is 1. The van der Waals surface area contributed by atoms with E-state index in [4.69, 9.17) is 4.74 Å². The zero-order valence-electron chi connectivity index (χ0n) is 13.3. The minimum Gasteiger partial charge on any atom is -0.504 e. The monoisotopic (exact) mass is 348 g/mol. The highest BCUT2D eigenvalue weighted by Crippen LogP contribution is 2.38. The second-order valence-electron chi connectivity index (χ2n) is 5.17. The van der Waals surface area contributed by atoms with Crippen LogP contribution in [0.5, 0.6) is 11.5 Å². The summed E-state index contributed by atoms with van der Waals surface area (Å²) in [5.41, 5.74) is 1.52. The Balaban J connectivity index is 2.21. The van der Waals surface area contributed by atoms with Crippen molar-refractivity contribution in [2.24, 2.45) is 0 Å². The first-order valence-corrected chi connectivity index (χ1v) is 8.27. The predicted molar refractivity (Wildman–Crippen MR) is 88.1 cm³/mol. The van der Waals surface area contributed by atoms with Gasteiger partial charge in [0.15, 0.2) is 11.5 Å². The lowest BCUT2D eigenvalue weighted by atomic mass is 9.95. The van der Waals surface area contributed by atoms with Gasteiger partial charge in [-0.15, -0.1) is 5.10 Å². The van der Waals surface area contributed by atoms with Gasteiger partial charge in [-0.05, 0) is 30.9 Å². The quantitative estimate of drug-likeness (QED) is 0.438. The highest BCUT2D eigenvalue weighted by Gasteiger charge is 2.35. The minimum absolute atomic E-state index is 0.239. The van der Waals surface area contributed by atoms with Crippen LogP contribution >= 0.6 is 11.8 Å². The Kier molecular flexibility index (Phi) is 4.10. The molecule has 0 aliphatic carbocycles. The highest BCUT2D eigenvalue weighted by molar-refractivity contribution is 7.98. The van der Waals surface area contributed by atoms with Crippen molar-refractivity contribution in [1.82, 2.24) is 14.8 Å². The number of phenols is 2. The van der Waals surface area contributed by atoms with Crippen molar-refractivity contribution in [3.63, 3.8) is 0 Å². The van der Waals surface area contributed by atoms with Gasteiger partial charge in [0.2, 0.25) is 11.1 Å². The third-order valence-electron chi connectivity index (χ3n) is 3.74. The van der Waals surface area contributed by atoms with Crippen LogP contribution < -0.4 is 5.32 Å². The van der Waals surface area contributed by atoms with Crippen molar-refractivity contribution in [1.29, 1.82) is 0 Å². The Morgan fingerprint density at radius 3 is 2.75 bits per heavy atom. The number of aromatic hydroxyl groups is 2. The third kappa shape index (κ3) is 2.56. The molecule has 0 radical (unpaired) electrons. The van der Waals surface area contributed by atoms with Crippen molar-refractivity contribution in [3.8, 4) is 11.5 Å². The zero-order chi connectivity index (χ0) is 17.4. The number of nitrogens with zero attached hydrogens (tertiary/aromatic N) is 3. The summed E-state index contributed by atoms with van der Waals surface area (Å²) in [6.45, 7) is 1.75. The molecular weight excluding hydrogens is 332 g/mol. The molecule has 1 aromatic carbocycles.